The van der Waals surface area contributed by atoms with Crippen molar-refractivity contribution >= 4 is 17.7 Å². The minimum absolute atomic E-state index is 0.170. The van der Waals surface area contributed by atoms with Crippen LogP contribution in [0, 0.1) is 6.92 Å². The lowest BCUT2D eigenvalue weighted by Gasteiger charge is -2.19. The maximum Gasteiger partial charge on any atom is 0.434 e. The number of pyridine rings is 1. The van der Waals surface area contributed by atoms with E-state index in [-0.39, 0.29) is 15.7 Å². The molecule has 22 heavy (non-hydrogen) atoms. The topological polar surface area (TPSA) is 50.2 Å². The molecule has 9 heteroatoms. The summed E-state index contributed by atoms with van der Waals surface area (Å²) in [6.07, 6.45) is -7.77. The summed E-state index contributed by atoms with van der Waals surface area (Å²) >= 11 is 0.903. The maximum atomic E-state index is 13.1. The lowest BCUT2D eigenvalue weighted by Crippen LogP contribution is -2.20. The van der Waals surface area contributed by atoms with Crippen LogP contribution in [-0.2, 0) is 6.18 Å². The SMILES string of the molecule is CCC(C)Sc1c(C(F)F)nc(C(F)(F)F)c(C(=O)O)c1C. The highest BCUT2D eigenvalue weighted by Gasteiger charge is 2.41. The second kappa shape index (κ2) is 6.80. The molecule has 1 rings (SSSR count). The molecular weight excluding hydrogens is 329 g/mol. The predicted octanol–water partition coefficient (Wildman–Crippen LogP) is 4.94. The van der Waals surface area contributed by atoms with Gasteiger partial charge in [-0.1, -0.05) is 13.8 Å². The molecular formula is C13H14F5NO2S. The fourth-order valence-corrected chi connectivity index (χ4v) is 2.86. The third-order valence-corrected chi connectivity index (χ3v) is 4.49. The van der Waals surface area contributed by atoms with Gasteiger partial charge in [0, 0.05) is 10.1 Å². The molecule has 124 valence electrons. The van der Waals surface area contributed by atoms with Crippen LogP contribution in [0.2, 0.25) is 0 Å². The first-order valence-electron chi connectivity index (χ1n) is 6.30. The molecule has 0 saturated carbocycles. The van der Waals surface area contributed by atoms with Gasteiger partial charge in [-0.2, -0.15) is 13.2 Å². The van der Waals surface area contributed by atoms with Crippen molar-refractivity contribution in [3.63, 3.8) is 0 Å². The van der Waals surface area contributed by atoms with Crippen molar-refractivity contribution in [3.05, 3.63) is 22.5 Å². The third-order valence-electron chi connectivity index (χ3n) is 3.00. The van der Waals surface area contributed by atoms with Crippen LogP contribution in [0.25, 0.3) is 0 Å². The molecule has 1 atom stereocenters. The van der Waals surface area contributed by atoms with Crippen LogP contribution < -0.4 is 0 Å². The van der Waals surface area contributed by atoms with E-state index >= 15 is 0 Å². The van der Waals surface area contributed by atoms with Crippen molar-refractivity contribution in [2.75, 3.05) is 0 Å². The van der Waals surface area contributed by atoms with Crippen LogP contribution in [0.15, 0.2) is 4.90 Å². The highest BCUT2D eigenvalue weighted by Crippen LogP contribution is 2.41. The summed E-state index contributed by atoms with van der Waals surface area (Å²) in [5.74, 6) is -1.84. The molecule has 0 spiro atoms. The molecule has 0 fully saturated rings. The Kier molecular flexibility index (Phi) is 5.77. The number of hydrogen-bond acceptors (Lipinski definition) is 3. The van der Waals surface area contributed by atoms with Gasteiger partial charge in [-0.3, -0.25) is 0 Å². The summed E-state index contributed by atoms with van der Waals surface area (Å²) in [6.45, 7) is 4.58. The highest BCUT2D eigenvalue weighted by atomic mass is 32.2. The third kappa shape index (κ3) is 3.88. The van der Waals surface area contributed by atoms with E-state index in [1.807, 2.05) is 0 Å². The van der Waals surface area contributed by atoms with Gasteiger partial charge in [0.2, 0.25) is 0 Å². The Bertz CT molecular complexity index is 575. The standard InChI is InChI=1S/C13H14F5NO2S/c1-4-5(2)22-9-6(3)7(12(20)21)10(13(16,17)18)19-8(9)11(14)15/h5,11H,4H2,1-3H3,(H,20,21). The average molecular weight is 343 g/mol. The molecule has 1 aromatic heterocycles. The highest BCUT2D eigenvalue weighted by molar-refractivity contribution is 8.00. The second-order valence-corrected chi connectivity index (χ2v) is 6.06. The smallest absolute Gasteiger partial charge is 0.434 e. The number of carbonyl (C=O) groups is 1. The number of nitrogens with zero attached hydrogens (tertiary/aromatic N) is 1. The van der Waals surface area contributed by atoms with Crippen molar-refractivity contribution in [3.8, 4) is 0 Å². The van der Waals surface area contributed by atoms with Gasteiger partial charge in [0.1, 0.15) is 5.69 Å². The van der Waals surface area contributed by atoms with Crippen LogP contribution in [0.1, 0.15) is 54.0 Å². The molecule has 1 aromatic rings. The Morgan fingerprint density at radius 2 is 1.91 bits per heavy atom. The Balaban J connectivity index is 3.70. The summed E-state index contributed by atoms with van der Waals surface area (Å²) in [4.78, 5) is 13.9. The maximum absolute atomic E-state index is 13.1. The number of thioether (sulfide) groups is 1. The minimum Gasteiger partial charge on any atom is -0.478 e. The number of aromatic nitrogens is 1. The second-order valence-electron chi connectivity index (χ2n) is 4.62. The number of hydrogen-bond donors (Lipinski definition) is 1. The van der Waals surface area contributed by atoms with Crippen molar-refractivity contribution in [1.29, 1.82) is 0 Å². The van der Waals surface area contributed by atoms with Crippen LogP contribution in [0.4, 0.5) is 22.0 Å². The minimum atomic E-state index is -5.12. The van der Waals surface area contributed by atoms with Crippen LogP contribution >= 0.6 is 11.8 Å². The Morgan fingerprint density at radius 1 is 1.36 bits per heavy atom. The average Bonchev–Trinajstić information content (AvgIpc) is 2.38. The molecule has 0 aliphatic carbocycles. The van der Waals surface area contributed by atoms with Gasteiger partial charge in [-0.25, -0.2) is 18.6 Å². The first-order valence-corrected chi connectivity index (χ1v) is 7.18. The molecule has 3 nitrogen and oxygen atoms in total. The van der Waals surface area contributed by atoms with Crippen molar-refractivity contribution in [2.45, 2.75) is 49.9 Å². The molecule has 1 unspecified atom stereocenters. The number of aromatic carboxylic acids is 1. The van der Waals surface area contributed by atoms with Crippen molar-refractivity contribution in [1.82, 2.24) is 4.98 Å². The van der Waals surface area contributed by atoms with Crippen LogP contribution in [-0.4, -0.2) is 21.3 Å². The quantitative estimate of drug-likeness (QED) is 0.608. The van der Waals surface area contributed by atoms with Gasteiger partial charge in [0.25, 0.3) is 6.43 Å². The fourth-order valence-electron chi connectivity index (χ4n) is 1.76. The Morgan fingerprint density at radius 3 is 2.27 bits per heavy atom. The Labute approximate surface area is 127 Å². The van der Waals surface area contributed by atoms with E-state index in [0.29, 0.717) is 6.42 Å². The lowest BCUT2D eigenvalue weighted by molar-refractivity contribution is -0.142. The van der Waals surface area contributed by atoms with Crippen LogP contribution in [0.5, 0.6) is 0 Å². The first-order chi connectivity index (χ1) is 10.0. The molecule has 0 amide bonds. The first kappa shape index (κ1) is 18.7. The van der Waals surface area contributed by atoms with E-state index in [2.05, 4.69) is 4.98 Å². The number of rotatable bonds is 5. The lowest BCUT2D eigenvalue weighted by atomic mass is 10.1. The van der Waals surface area contributed by atoms with Gasteiger partial charge >= 0.3 is 12.1 Å². The van der Waals surface area contributed by atoms with Crippen LogP contribution in [0.3, 0.4) is 0 Å². The monoisotopic (exact) mass is 343 g/mol. The summed E-state index contributed by atoms with van der Waals surface area (Å²) in [5, 5.41) is 8.85. The number of carboxylic acid groups (broad SMARTS) is 1. The number of alkyl halides is 5. The van der Waals surface area contributed by atoms with Crippen molar-refractivity contribution < 1.29 is 31.9 Å². The Hall–Kier alpha value is -1.38. The summed E-state index contributed by atoms with van der Waals surface area (Å²) in [7, 11) is 0. The number of carboxylic acids is 1. The zero-order chi connectivity index (χ0) is 17.2. The largest absolute Gasteiger partial charge is 0.478 e. The van der Waals surface area contributed by atoms with Gasteiger partial charge in [0.05, 0.1) is 5.56 Å². The van der Waals surface area contributed by atoms with E-state index in [4.69, 9.17) is 5.11 Å². The van der Waals surface area contributed by atoms with E-state index < -0.39 is 35.5 Å². The molecule has 0 aliphatic rings. The van der Waals surface area contributed by atoms with E-state index in [9.17, 15) is 26.7 Å². The van der Waals surface area contributed by atoms with Gasteiger partial charge in [0.15, 0.2) is 5.69 Å². The normalized spacial score (nSPS) is 13.5. The molecule has 0 aliphatic heterocycles. The number of halogens is 5. The molecule has 0 aromatic carbocycles. The molecule has 0 saturated heterocycles. The van der Waals surface area contributed by atoms with Gasteiger partial charge in [-0.15, -0.1) is 11.8 Å². The van der Waals surface area contributed by atoms with Gasteiger partial charge in [-0.05, 0) is 18.9 Å². The summed E-state index contributed by atoms with van der Waals surface area (Å²) in [6, 6.07) is 0. The zero-order valence-corrected chi connectivity index (χ0v) is 12.8. The predicted molar refractivity (Wildman–Crippen MR) is 71.5 cm³/mol. The fraction of sp³-hybridized carbons (Fsp3) is 0.538. The molecule has 0 bridgehead atoms. The summed E-state index contributed by atoms with van der Waals surface area (Å²) < 4.78 is 64.9. The molecule has 0 radical (unpaired) electrons. The zero-order valence-electron chi connectivity index (χ0n) is 12.0. The van der Waals surface area contributed by atoms with E-state index in [1.54, 1.807) is 13.8 Å². The van der Waals surface area contributed by atoms with E-state index in [1.165, 1.54) is 0 Å². The summed E-state index contributed by atoms with van der Waals surface area (Å²) in [5.41, 5.74) is -4.24. The van der Waals surface area contributed by atoms with Crippen molar-refractivity contribution in [2.24, 2.45) is 0 Å². The molecule has 1 heterocycles. The van der Waals surface area contributed by atoms with Gasteiger partial charge < -0.3 is 5.11 Å². The molecule has 1 N–H and O–H groups in total. The van der Waals surface area contributed by atoms with E-state index in [0.717, 1.165) is 18.7 Å².